The molecule has 28 heavy (non-hydrogen) atoms. The third-order valence-electron chi connectivity index (χ3n) is 5.96. The van der Waals surface area contributed by atoms with Gasteiger partial charge in [0, 0.05) is 49.8 Å². The lowest BCUT2D eigenvalue weighted by molar-refractivity contribution is 0.0669. The van der Waals surface area contributed by atoms with Gasteiger partial charge in [0.1, 0.15) is 5.82 Å². The summed E-state index contributed by atoms with van der Waals surface area (Å²) in [4.78, 5) is 23.9. The van der Waals surface area contributed by atoms with Crippen molar-refractivity contribution in [2.75, 3.05) is 19.6 Å². The van der Waals surface area contributed by atoms with E-state index in [1.807, 2.05) is 41.4 Å². The summed E-state index contributed by atoms with van der Waals surface area (Å²) >= 11 is 0. The number of aryl methyl sites for hydroxylation is 1. The van der Waals surface area contributed by atoms with Crippen molar-refractivity contribution in [1.29, 1.82) is 0 Å². The number of benzene rings is 1. The van der Waals surface area contributed by atoms with Gasteiger partial charge in [-0.15, -0.1) is 0 Å². The Bertz CT molecular complexity index is 789. The largest absolute Gasteiger partial charge is 0.339 e. The van der Waals surface area contributed by atoms with Crippen LogP contribution in [0.25, 0.3) is 0 Å². The SMILES string of the molecule is CCCc1nccc(C2CNNC2C2CCN(C(=O)c3ccccc3)CC2)n1. The molecule has 1 aromatic carbocycles. The number of hydrogen-bond acceptors (Lipinski definition) is 5. The molecule has 0 bridgehead atoms. The van der Waals surface area contributed by atoms with Crippen LogP contribution in [0.5, 0.6) is 0 Å². The van der Waals surface area contributed by atoms with E-state index in [4.69, 9.17) is 4.98 Å². The molecule has 1 amide bonds. The summed E-state index contributed by atoms with van der Waals surface area (Å²) in [7, 11) is 0. The number of hydrazine groups is 1. The number of likely N-dealkylation sites (tertiary alicyclic amines) is 1. The van der Waals surface area contributed by atoms with Gasteiger partial charge in [-0.3, -0.25) is 15.6 Å². The molecule has 1 aromatic heterocycles. The molecule has 2 fully saturated rings. The molecule has 6 nitrogen and oxygen atoms in total. The molecule has 3 heterocycles. The molecule has 0 aliphatic carbocycles. The second-order valence-electron chi connectivity index (χ2n) is 7.80. The number of rotatable bonds is 5. The lowest BCUT2D eigenvalue weighted by Gasteiger charge is -2.36. The van der Waals surface area contributed by atoms with Gasteiger partial charge in [-0.05, 0) is 43.4 Å². The Morgan fingerprint density at radius 1 is 1.18 bits per heavy atom. The Hall–Kier alpha value is -2.31. The van der Waals surface area contributed by atoms with Crippen molar-refractivity contribution in [3.8, 4) is 0 Å². The maximum atomic E-state index is 12.7. The minimum absolute atomic E-state index is 0.146. The topological polar surface area (TPSA) is 70.2 Å². The second kappa shape index (κ2) is 8.80. The molecule has 2 aromatic rings. The molecule has 2 N–H and O–H groups in total. The first-order chi connectivity index (χ1) is 13.8. The lowest BCUT2D eigenvalue weighted by atomic mass is 9.81. The summed E-state index contributed by atoms with van der Waals surface area (Å²) in [6, 6.07) is 12.0. The molecule has 0 saturated carbocycles. The van der Waals surface area contributed by atoms with Crippen LogP contribution in [0.1, 0.15) is 54.0 Å². The smallest absolute Gasteiger partial charge is 0.253 e. The molecular weight excluding hydrogens is 350 g/mol. The minimum atomic E-state index is 0.146. The van der Waals surface area contributed by atoms with Crippen molar-refractivity contribution < 1.29 is 4.79 Å². The van der Waals surface area contributed by atoms with E-state index >= 15 is 0 Å². The van der Waals surface area contributed by atoms with E-state index in [0.717, 1.165) is 62.4 Å². The Kier molecular flexibility index (Phi) is 5.98. The summed E-state index contributed by atoms with van der Waals surface area (Å²) < 4.78 is 0. The summed E-state index contributed by atoms with van der Waals surface area (Å²) in [5, 5.41) is 0. The second-order valence-corrected chi connectivity index (χ2v) is 7.80. The highest BCUT2D eigenvalue weighted by Gasteiger charge is 2.37. The Morgan fingerprint density at radius 3 is 2.71 bits per heavy atom. The maximum Gasteiger partial charge on any atom is 0.253 e. The molecule has 148 valence electrons. The Morgan fingerprint density at radius 2 is 1.96 bits per heavy atom. The summed E-state index contributed by atoms with van der Waals surface area (Å²) in [6.45, 7) is 4.67. The fourth-order valence-electron chi connectivity index (χ4n) is 4.44. The van der Waals surface area contributed by atoms with Crippen LogP contribution in [0.15, 0.2) is 42.6 Å². The summed E-state index contributed by atoms with van der Waals surface area (Å²) in [5.41, 5.74) is 8.74. The zero-order valence-corrected chi connectivity index (χ0v) is 16.5. The van der Waals surface area contributed by atoms with Crippen LogP contribution in [0.2, 0.25) is 0 Å². The van der Waals surface area contributed by atoms with Crippen LogP contribution in [0.4, 0.5) is 0 Å². The predicted octanol–water partition coefficient (Wildman–Crippen LogP) is 2.54. The number of nitrogens with zero attached hydrogens (tertiary/aromatic N) is 3. The molecule has 0 radical (unpaired) electrons. The van der Waals surface area contributed by atoms with Gasteiger partial charge in [-0.2, -0.15) is 0 Å². The number of carbonyl (C=O) groups is 1. The molecule has 2 saturated heterocycles. The molecule has 0 spiro atoms. The van der Waals surface area contributed by atoms with Gasteiger partial charge in [-0.25, -0.2) is 9.97 Å². The fraction of sp³-hybridized carbons (Fsp3) is 0.500. The summed E-state index contributed by atoms with van der Waals surface area (Å²) in [5.74, 6) is 1.96. The molecule has 2 unspecified atom stereocenters. The minimum Gasteiger partial charge on any atom is -0.339 e. The van der Waals surface area contributed by atoms with Crippen LogP contribution in [0, 0.1) is 5.92 Å². The van der Waals surface area contributed by atoms with E-state index in [0.29, 0.717) is 17.9 Å². The van der Waals surface area contributed by atoms with E-state index in [9.17, 15) is 4.79 Å². The van der Waals surface area contributed by atoms with E-state index in [1.54, 1.807) is 0 Å². The zero-order valence-electron chi connectivity index (χ0n) is 16.5. The van der Waals surface area contributed by atoms with Crippen molar-refractivity contribution in [3.05, 3.63) is 59.7 Å². The van der Waals surface area contributed by atoms with Crippen molar-refractivity contribution >= 4 is 5.91 Å². The lowest BCUT2D eigenvalue weighted by Crippen LogP contribution is -2.45. The summed E-state index contributed by atoms with van der Waals surface area (Å²) in [6.07, 6.45) is 5.90. The molecular formula is C22H29N5O. The molecule has 2 atom stereocenters. The van der Waals surface area contributed by atoms with Crippen LogP contribution in [-0.4, -0.2) is 46.5 Å². The fourth-order valence-corrected chi connectivity index (χ4v) is 4.44. The standard InChI is InChI=1S/C22H29N5O/c1-2-6-20-23-12-9-19(25-20)18-15-24-26-21(18)16-10-13-27(14-11-16)22(28)17-7-4-3-5-8-17/h3-5,7-9,12,16,18,21,24,26H,2,6,10-11,13-15H2,1H3. The molecule has 2 aliphatic rings. The third-order valence-corrected chi connectivity index (χ3v) is 5.96. The first-order valence-corrected chi connectivity index (χ1v) is 10.4. The van der Waals surface area contributed by atoms with E-state index in [1.165, 1.54) is 0 Å². The average Bonchev–Trinajstić information content (AvgIpc) is 3.24. The van der Waals surface area contributed by atoms with Crippen molar-refractivity contribution in [2.45, 2.75) is 44.6 Å². The van der Waals surface area contributed by atoms with Gasteiger partial charge in [0.05, 0.1) is 5.69 Å². The van der Waals surface area contributed by atoms with Crippen LogP contribution < -0.4 is 10.9 Å². The van der Waals surface area contributed by atoms with Gasteiger partial charge in [0.25, 0.3) is 5.91 Å². The number of aromatic nitrogens is 2. The normalized spacial score (nSPS) is 23.1. The quantitative estimate of drug-likeness (QED) is 0.835. The zero-order chi connectivity index (χ0) is 19.3. The van der Waals surface area contributed by atoms with Gasteiger partial charge >= 0.3 is 0 Å². The van der Waals surface area contributed by atoms with E-state index in [-0.39, 0.29) is 5.91 Å². The highest BCUT2D eigenvalue weighted by molar-refractivity contribution is 5.94. The van der Waals surface area contributed by atoms with Gasteiger partial charge in [0.15, 0.2) is 0 Å². The first kappa shape index (κ1) is 19.0. The van der Waals surface area contributed by atoms with Crippen molar-refractivity contribution in [1.82, 2.24) is 25.7 Å². The number of piperidine rings is 1. The Labute approximate surface area is 166 Å². The number of amides is 1. The van der Waals surface area contributed by atoms with Crippen LogP contribution in [0.3, 0.4) is 0 Å². The van der Waals surface area contributed by atoms with Gasteiger partial charge < -0.3 is 4.90 Å². The van der Waals surface area contributed by atoms with Gasteiger partial charge in [0.2, 0.25) is 0 Å². The highest BCUT2D eigenvalue weighted by Crippen LogP contribution is 2.32. The van der Waals surface area contributed by atoms with E-state index < -0.39 is 0 Å². The monoisotopic (exact) mass is 379 g/mol. The first-order valence-electron chi connectivity index (χ1n) is 10.4. The third kappa shape index (κ3) is 4.08. The number of hydrogen-bond donors (Lipinski definition) is 2. The van der Waals surface area contributed by atoms with Crippen molar-refractivity contribution in [3.63, 3.8) is 0 Å². The van der Waals surface area contributed by atoms with E-state index in [2.05, 4.69) is 28.8 Å². The van der Waals surface area contributed by atoms with Crippen LogP contribution >= 0.6 is 0 Å². The maximum absolute atomic E-state index is 12.7. The van der Waals surface area contributed by atoms with Crippen molar-refractivity contribution in [2.24, 2.45) is 5.92 Å². The predicted molar refractivity (Wildman–Crippen MR) is 109 cm³/mol. The molecule has 6 heteroatoms. The number of carbonyl (C=O) groups excluding carboxylic acids is 1. The Balaban J connectivity index is 1.40. The molecule has 4 rings (SSSR count). The molecule has 2 aliphatic heterocycles. The highest BCUT2D eigenvalue weighted by atomic mass is 16.2. The van der Waals surface area contributed by atoms with Crippen LogP contribution in [-0.2, 0) is 6.42 Å². The van der Waals surface area contributed by atoms with Gasteiger partial charge in [-0.1, -0.05) is 25.1 Å². The number of nitrogens with one attached hydrogen (secondary N) is 2. The average molecular weight is 380 g/mol.